The molecule has 1 fully saturated rings. The molecule has 2 rings (SSSR count). The van der Waals surface area contributed by atoms with Gasteiger partial charge in [-0.25, -0.2) is 0 Å². The molecule has 0 bridgehead atoms. The van der Waals surface area contributed by atoms with Crippen LogP contribution in [0.3, 0.4) is 0 Å². The predicted octanol–water partition coefficient (Wildman–Crippen LogP) is -0.335. The van der Waals surface area contributed by atoms with Crippen molar-refractivity contribution in [1.29, 1.82) is 0 Å². The zero-order chi connectivity index (χ0) is 10.8. The van der Waals surface area contributed by atoms with Crippen LogP contribution in [0.5, 0.6) is 0 Å². The summed E-state index contributed by atoms with van der Waals surface area (Å²) >= 11 is 0. The number of aliphatic hydroxyl groups is 2. The van der Waals surface area contributed by atoms with E-state index in [1.165, 1.54) is 0 Å². The Kier molecular flexibility index (Phi) is 2.75. The summed E-state index contributed by atoms with van der Waals surface area (Å²) in [5.41, 5.74) is 1.83. The van der Waals surface area contributed by atoms with Crippen LogP contribution >= 0.6 is 0 Å². The molecule has 0 spiro atoms. The fourth-order valence-electron chi connectivity index (χ4n) is 1.72. The Hall–Kier alpha value is -1.33. The average molecular weight is 209 g/mol. The summed E-state index contributed by atoms with van der Waals surface area (Å²) in [5.74, 6) is 0. The number of pyridine rings is 1. The SMILES string of the molecule is CNc1cncc(N2C[C@H](O)[C@@H](O)C2)c1. The minimum Gasteiger partial charge on any atom is -0.389 e. The molecule has 82 valence electrons. The Bertz CT molecular complexity index is 335. The van der Waals surface area contributed by atoms with Crippen molar-refractivity contribution in [2.45, 2.75) is 12.2 Å². The normalized spacial score (nSPS) is 25.7. The number of nitrogens with one attached hydrogen (secondary N) is 1. The summed E-state index contributed by atoms with van der Waals surface area (Å²) < 4.78 is 0. The number of hydrogen-bond donors (Lipinski definition) is 3. The van der Waals surface area contributed by atoms with Crippen molar-refractivity contribution in [3.8, 4) is 0 Å². The number of nitrogens with zero attached hydrogens (tertiary/aromatic N) is 2. The Labute approximate surface area is 88.4 Å². The highest BCUT2D eigenvalue weighted by Crippen LogP contribution is 2.22. The van der Waals surface area contributed by atoms with Gasteiger partial charge in [-0.15, -0.1) is 0 Å². The monoisotopic (exact) mass is 209 g/mol. The quantitative estimate of drug-likeness (QED) is 0.622. The third-order valence-corrected chi connectivity index (χ3v) is 2.64. The molecular weight excluding hydrogens is 194 g/mol. The molecule has 1 saturated heterocycles. The first kappa shape index (κ1) is 10.2. The smallest absolute Gasteiger partial charge is 0.0990 e. The third-order valence-electron chi connectivity index (χ3n) is 2.64. The van der Waals surface area contributed by atoms with Crippen LogP contribution in [0, 0.1) is 0 Å². The Morgan fingerprint density at radius 2 is 2.00 bits per heavy atom. The van der Waals surface area contributed by atoms with Crippen LogP contribution in [0.1, 0.15) is 0 Å². The van der Waals surface area contributed by atoms with E-state index in [0.717, 1.165) is 11.4 Å². The van der Waals surface area contributed by atoms with Crippen molar-refractivity contribution < 1.29 is 10.2 Å². The van der Waals surface area contributed by atoms with Gasteiger partial charge in [0.1, 0.15) is 0 Å². The minimum absolute atomic E-state index is 0.454. The first-order chi connectivity index (χ1) is 7.20. The van der Waals surface area contributed by atoms with E-state index in [2.05, 4.69) is 10.3 Å². The van der Waals surface area contributed by atoms with Crippen molar-refractivity contribution in [3.63, 3.8) is 0 Å². The summed E-state index contributed by atoms with van der Waals surface area (Å²) in [4.78, 5) is 6.00. The van der Waals surface area contributed by atoms with E-state index < -0.39 is 12.2 Å². The van der Waals surface area contributed by atoms with Crippen molar-refractivity contribution in [3.05, 3.63) is 18.5 Å². The van der Waals surface area contributed by atoms with E-state index in [1.54, 1.807) is 12.4 Å². The lowest BCUT2D eigenvalue weighted by molar-refractivity contribution is 0.0572. The first-order valence-corrected chi connectivity index (χ1v) is 4.94. The molecule has 1 aliphatic heterocycles. The second-order valence-electron chi connectivity index (χ2n) is 3.72. The number of anilines is 2. The Morgan fingerprint density at radius 3 is 2.60 bits per heavy atom. The van der Waals surface area contributed by atoms with Crippen LogP contribution in [-0.2, 0) is 0 Å². The molecular formula is C10H15N3O2. The summed E-state index contributed by atoms with van der Waals surface area (Å²) in [6, 6.07) is 1.94. The summed E-state index contributed by atoms with van der Waals surface area (Å²) in [5, 5.41) is 21.9. The van der Waals surface area contributed by atoms with Gasteiger partial charge in [-0.05, 0) is 6.07 Å². The fraction of sp³-hybridized carbons (Fsp3) is 0.500. The maximum Gasteiger partial charge on any atom is 0.0990 e. The molecule has 0 unspecified atom stereocenters. The van der Waals surface area contributed by atoms with E-state index >= 15 is 0 Å². The average Bonchev–Trinajstić information content (AvgIpc) is 2.59. The van der Waals surface area contributed by atoms with Crippen molar-refractivity contribution in [2.75, 3.05) is 30.4 Å². The largest absolute Gasteiger partial charge is 0.389 e. The maximum absolute atomic E-state index is 9.43. The van der Waals surface area contributed by atoms with Gasteiger partial charge in [-0.3, -0.25) is 4.98 Å². The van der Waals surface area contributed by atoms with Crippen molar-refractivity contribution in [1.82, 2.24) is 4.98 Å². The van der Waals surface area contributed by atoms with Gasteiger partial charge in [0.05, 0.1) is 36.0 Å². The molecule has 15 heavy (non-hydrogen) atoms. The molecule has 3 N–H and O–H groups in total. The van der Waals surface area contributed by atoms with Crippen LogP contribution in [0.2, 0.25) is 0 Å². The highest BCUT2D eigenvalue weighted by Gasteiger charge is 2.29. The topological polar surface area (TPSA) is 68.6 Å². The van der Waals surface area contributed by atoms with E-state index in [-0.39, 0.29) is 0 Å². The molecule has 0 amide bonds. The lowest BCUT2D eigenvalue weighted by atomic mass is 10.3. The molecule has 0 radical (unpaired) electrons. The number of aromatic nitrogens is 1. The van der Waals surface area contributed by atoms with Crippen LogP contribution < -0.4 is 10.2 Å². The van der Waals surface area contributed by atoms with Gasteiger partial charge in [0, 0.05) is 20.1 Å². The van der Waals surface area contributed by atoms with Crippen molar-refractivity contribution >= 4 is 11.4 Å². The second-order valence-corrected chi connectivity index (χ2v) is 3.72. The Morgan fingerprint density at radius 1 is 1.33 bits per heavy atom. The molecule has 0 aromatic carbocycles. The van der Waals surface area contributed by atoms with Gasteiger partial charge in [-0.2, -0.15) is 0 Å². The predicted molar refractivity (Wildman–Crippen MR) is 58.0 cm³/mol. The second kappa shape index (κ2) is 4.04. The molecule has 1 aromatic rings. The highest BCUT2D eigenvalue weighted by atomic mass is 16.3. The lowest BCUT2D eigenvalue weighted by Gasteiger charge is -2.17. The molecule has 5 nitrogen and oxygen atoms in total. The molecule has 2 atom stereocenters. The van der Waals surface area contributed by atoms with Crippen LogP contribution in [0.4, 0.5) is 11.4 Å². The number of hydrogen-bond acceptors (Lipinski definition) is 5. The van der Waals surface area contributed by atoms with E-state index in [9.17, 15) is 10.2 Å². The molecule has 5 heteroatoms. The number of β-amino-alcohol motifs (C(OH)–C–C–N with tert-alkyl or cyclic N) is 2. The molecule has 2 heterocycles. The molecule has 1 aliphatic rings. The lowest BCUT2D eigenvalue weighted by Crippen LogP contribution is -2.22. The molecule has 0 saturated carbocycles. The van der Waals surface area contributed by atoms with Gasteiger partial charge < -0.3 is 20.4 Å². The number of aliphatic hydroxyl groups excluding tert-OH is 2. The number of rotatable bonds is 2. The van der Waals surface area contributed by atoms with Gasteiger partial charge >= 0.3 is 0 Å². The van der Waals surface area contributed by atoms with Gasteiger partial charge in [-0.1, -0.05) is 0 Å². The fourth-order valence-corrected chi connectivity index (χ4v) is 1.72. The first-order valence-electron chi connectivity index (χ1n) is 4.94. The summed E-state index contributed by atoms with van der Waals surface area (Å²) in [6.07, 6.45) is 2.13. The standard InChI is InChI=1S/C10H15N3O2/c1-11-7-2-8(4-12-3-7)13-5-9(14)10(15)6-13/h2-4,9-11,14-15H,5-6H2,1H3/t9-,10-/m0/s1. The summed E-state index contributed by atoms with van der Waals surface area (Å²) in [6.45, 7) is 0.909. The minimum atomic E-state index is -0.664. The molecule has 0 aliphatic carbocycles. The summed E-state index contributed by atoms with van der Waals surface area (Å²) in [7, 11) is 1.83. The van der Waals surface area contributed by atoms with Crippen molar-refractivity contribution in [2.24, 2.45) is 0 Å². The van der Waals surface area contributed by atoms with Crippen LogP contribution in [0.25, 0.3) is 0 Å². The third kappa shape index (κ3) is 2.03. The van der Waals surface area contributed by atoms with Crippen LogP contribution in [-0.4, -0.2) is 47.5 Å². The van der Waals surface area contributed by atoms with Crippen LogP contribution in [0.15, 0.2) is 18.5 Å². The van der Waals surface area contributed by atoms with E-state index in [0.29, 0.717) is 13.1 Å². The zero-order valence-electron chi connectivity index (χ0n) is 8.59. The van der Waals surface area contributed by atoms with E-state index in [1.807, 2.05) is 18.0 Å². The van der Waals surface area contributed by atoms with Gasteiger partial charge in [0.15, 0.2) is 0 Å². The zero-order valence-corrected chi connectivity index (χ0v) is 8.59. The Balaban J connectivity index is 2.16. The van der Waals surface area contributed by atoms with E-state index in [4.69, 9.17) is 0 Å². The maximum atomic E-state index is 9.43. The molecule has 1 aromatic heterocycles. The van der Waals surface area contributed by atoms with Gasteiger partial charge in [0.2, 0.25) is 0 Å². The van der Waals surface area contributed by atoms with Gasteiger partial charge in [0.25, 0.3) is 0 Å². The highest BCUT2D eigenvalue weighted by molar-refractivity contribution is 5.56.